The van der Waals surface area contributed by atoms with Gasteiger partial charge >= 0.3 is 5.97 Å². The van der Waals surface area contributed by atoms with E-state index in [2.05, 4.69) is 0 Å². The Kier molecular flexibility index (Phi) is 4.74. The van der Waals surface area contributed by atoms with Gasteiger partial charge in [-0.25, -0.2) is 0 Å². The van der Waals surface area contributed by atoms with Crippen LogP contribution in [0.4, 0.5) is 0 Å². The molecule has 5 heteroatoms. The van der Waals surface area contributed by atoms with Crippen LogP contribution in [0.2, 0.25) is 0 Å². The van der Waals surface area contributed by atoms with Crippen molar-refractivity contribution in [2.24, 2.45) is 11.7 Å². The summed E-state index contributed by atoms with van der Waals surface area (Å²) < 4.78 is 5.31. The first-order valence-electron chi connectivity index (χ1n) is 6.04. The average Bonchev–Trinajstić information content (AvgIpc) is 2.15. The van der Waals surface area contributed by atoms with E-state index in [1.54, 1.807) is 0 Å². The molecular weight excluding hydrogens is 236 g/mol. The summed E-state index contributed by atoms with van der Waals surface area (Å²) in [5, 5.41) is 0.459. The third-order valence-electron chi connectivity index (χ3n) is 2.80. The van der Waals surface area contributed by atoms with Crippen LogP contribution in [0.1, 0.15) is 40.0 Å². The van der Waals surface area contributed by atoms with Gasteiger partial charge in [0.2, 0.25) is 0 Å². The lowest BCUT2D eigenvalue weighted by Crippen LogP contribution is -2.42. The number of nitrogens with zero attached hydrogens (tertiary/aromatic N) is 1. The van der Waals surface area contributed by atoms with E-state index in [1.807, 2.05) is 25.7 Å². The topological polar surface area (TPSA) is 55.6 Å². The summed E-state index contributed by atoms with van der Waals surface area (Å²) in [5.74, 6) is 0.293. The molecule has 0 bridgehead atoms. The molecular formula is C12H22N2O2S. The third kappa shape index (κ3) is 5.35. The van der Waals surface area contributed by atoms with Gasteiger partial charge in [-0.15, -0.1) is 0 Å². The SMILES string of the molecule is CC(C)(C)OC(=O)CC1CCN(C(N)=S)CC1. The van der Waals surface area contributed by atoms with Gasteiger partial charge < -0.3 is 15.4 Å². The average molecular weight is 258 g/mol. The summed E-state index contributed by atoms with van der Waals surface area (Å²) in [6.07, 6.45) is 2.41. The van der Waals surface area contributed by atoms with E-state index in [0.29, 0.717) is 17.5 Å². The summed E-state index contributed by atoms with van der Waals surface area (Å²) in [7, 11) is 0. The molecule has 0 aliphatic carbocycles. The van der Waals surface area contributed by atoms with Gasteiger partial charge in [0.05, 0.1) is 0 Å². The predicted octanol–water partition coefficient (Wildman–Crippen LogP) is 1.67. The van der Waals surface area contributed by atoms with E-state index in [-0.39, 0.29) is 5.97 Å². The van der Waals surface area contributed by atoms with Gasteiger partial charge in [0, 0.05) is 19.5 Å². The minimum absolute atomic E-state index is 0.105. The molecule has 0 unspecified atom stereocenters. The fourth-order valence-electron chi connectivity index (χ4n) is 1.98. The van der Waals surface area contributed by atoms with E-state index < -0.39 is 5.60 Å². The van der Waals surface area contributed by atoms with Crippen LogP contribution in [0.25, 0.3) is 0 Å². The minimum atomic E-state index is -0.392. The van der Waals surface area contributed by atoms with Crippen LogP contribution in [-0.2, 0) is 9.53 Å². The third-order valence-corrected chi connectivity index (χ3v) is 3.06. The van der Waals surface area contributed by atoms with Crippen LogP contribution >= 0.6 is 12.2 Å². The maximum Gasteiger partial charge on any atom is 0.306 e. The van der Waals surface area contributed by atoms with Crippen molar-refractivity contribution in [1.82, 2.24) is 4.90 Å². The molecule has 1 rings (SSSR count). The zero-order chi connectivity index (χ0) is 13.1. The quantitative estimate of drug-likeness (QED) is 0.603. The Balaban J connectivity index is 2.31. The molecule has 0 aromatic rings. The van der Waals surface area contributed by atoms with Crippen molar-refractivity contribution in [3.8, 4) is 0 Å². The van der Waals surface area contributed by atoms with Crippen LogP contribution in [-0.4, -0.2) is 34.7 Å². The first-order valence-corrected chi connectivity index (χ1v) is 6.45. The zero-order valence-corrected chi connectivity index (χ0v) is 11.7. The second-order valence-corrected chi connectivity index (χ2v) is 5.98. The van der Waals surface area contributed by atoms with Crippen LogP contribution in [0.3, 0.4) is 0 Å². The molecule has 2 N–H and O–H groups in total. The van der Waals surface area contributed by atoms with Gasteiger partial charge in [0.25, 0.3) is 0 Å². The first-order chi connectivity index (χ1) is 7.78. The lowest BCUT2D eigenvalue weighted by Gasteiger charge is -2.32. The van der Waals surface area contributed by atoms with Gasteiger partial charge in [-0.2, -0.15) is 0 Å². The molecule has 1 aliphatic heterocycles. The molecule has 0 spiro atoms. The summed E-state index contributed by atoms with van der Waals surface area (Å²) in [6, 6.07) is 0. The fraction of sp³-hybridized carbons (Fsp3) is 0.833. The highest BCUT2D eigenvalue weighted by atomic mass is 32.1. The van der Waals surface area contributed by atoms with E-state index in [1.165, 1.54) is 0 Å². The molecule has 0 atom stereocenters. The Labute approximate surface area is 108 Å². The summed E-state index contributed by atoms with van der Waals surface area (Å²) in [5.41, 5.74) is 5.17. The van der Waals surface area contributed by atoms with Crippen molar-refractivity contribution in [1.29, 1.82) is 0 Å². The van der Waals surface area contributed by atoms with Gasteiger partial charge in [-0.3, -0.25) is 4.79 Å². The van der Waals surface area contributed by atoms with Gasteiger partial charge in [0.1, 0.15) is 5.60 Å². The zero-order valence-electron chi connectivity index (χ0n) is 10.9. The van der Waals surface area contributed by atoms with Crippen molar-refractivity contribution in [2.75, 3.05) is 13.1 Å². The van der Waals surface area contributed by atoms with Gasteiger partial charge in [-0.1, -0.05) is 0 Å². The number of ether oxygens (including phenoxy) is 1. The van der Waals surface area contributed by atoms with E-state index in [4.69, 9.17) is 22.7 Å². The Hall–Kier alpha value is -0.840. The van der Waals surface area contributed by atoms with Gasteiger partial charge in [0.15, 0.2) is 5.11 Å². The van der Waals surface area contributed by atoms with Crippen molar-refractivity contribution < 1.29 is 9.53 Å². The monoisotopic (exact) mass is 258 g/mol. The highest BCUT2D eigenvalue weighted by Gasteiger charge is 2.24. The summed E-state index contributed by atoms with van der Waals surface area (Å²) in [4.78, 5) is 13.6. The van der Waals surface area contributed by atoms with Crippen molar-refractivity contribution in [3.63, 3.8) is 0 Å². The highest BCUT2D eigenvalue weighted by Crippen LogP contribution is 2.22. The Morgan fingerprint density at radius 3 is 2.35 bits per heavy atom. The number of nitrogens with two attached hydrogens (primary N) is 1. The standard InChI is InChI=1S/C12H22N2O2S/c1-12(2,3)16-10(15)8-9-4-6-14(7-5-9)11(13)17/h9H,4-8H2,1-3H3,(H2,13,17). The van der Waals surface area contributed by atoms with Crippen LogP contribution in [0.5, 0.6) is 0 Å². The predicted molar refractivity (Wildman–Crippen MR) is 71.5 cm³/mol. The molecule has 0 saturated carbocycles. The molecule has 0 amide bonds. The van der Waals surface area contributed by atoms with Crippen molar-refractivity contribution >= 4 is 23.3 Å². The van der Waals surface area contributed by atoms with Crippen LogP contribution < -0.4 is 5.73 Å². The van der Waals surface area contributed by atoms with Crippen molar-refractivity contribution in [3.05, 3.63) is 0 Å². The number of piperidine rings is 1. The molecule has 1 aliphatic rings. The molecule has 1 heterocycles. The highest BCUT2D eigenvalue weighted by molar-refractivity contribution is 7.80. The number of hydrogen-bond acceptors (Lipinski definition) is 3. The second-order valence-electron chi connectivity index (χ2n) is 5.56. The normalized spacial score (nSPS) is 17.9. The lowest BCUT2D eigenvalue weighted by atomic mass is 9.94. The lowest BCUT2D eigenvalue weighted by molar-refractivity contribution is -0.156. The number of rotatable bonds is 2. The summed E-state index contributed by atoms with van der Waals surface area (Å²) >= 11 is 4.93. The van der Waals surface area contributed by atoms with Crippen LogP contribution in [0, 0.1) is 5.92 Å². The number of thiocarbonyl (C=S) groups is 1. The molecule has 0 radical (unpaired) electrons. The Bertz CT molecular complexity index is 291. The van der Waals surface area contributed by atoms with Crippen LogP contribution in [0.15, 0.2) is 0 Å². The molecule has 17 heavy (non-hydrogen) atoms. The molecule has 4 nitrogen and oxygen atoms in total. The van der Waals surface area contributed by atoms with E-state index >= 15 is 0 Å². The molecule has 98 valence electrons. The molecule has 1 saturated heterocycles. The Morgan fingerprint density at radius 2 is 1.94 bits per heavy atom. The minimum Gasteiger partial charge on any atom is -0.460 e. The maximum absolute atomic E-state index is 11.7. The van der Waals surface area contributed by atoms with Gasteiger partial charge in [-0.05, 0) is 51.7 Å². The van der Waals surface area contributed by atoms with E-state index in [0.717, 1.165) is 25.9 Å². The Morgan fingerprint density at radius 1 is 1.41 bits per heavy atom. The maximum atomic E-state index is 11.7. The molecule has 1 fully saturated rings. The number of esters is 1. The number of carbonyl (C=O) groups excluding carboxylic acids is 1. The number of hydrogen-bond donors (Lipinski definition) is 1. The van der Waals surface area contributed by atoms with Crippen molar-refractivity contribution in [2.45, 2.75) is 45.6 Å². The second kappa shape index (κ2) is 5.67. The number of carbonyl (C=O) groups is 1. The largest absolute Gasteiger partial charge is 0.460 e. The molecule has 0 aromatic heterocycles. The number of likely N-dealkylation sites (tertiary alicyclic amines) is 1. The first kappa shape index (κ1) is 14.2. The molecule has 0 aromatic carbocycles. The smallest absolute Gasteiger partial charge is 0.306 e. The fourth-order valence-corrected chi connectivity index (χ4v) is 2.16. The summed E-state index contributed by atoms with van der Waals surface area (Å²) in [6.45, 7) is 7.37. The van der Waals surface area contributed by atoms with E-state index in [9.17, 15) is 4.79 Å².